The van der Waals surface area contributed by atoms with Crippen LogP contribution in [0.15, 0.2) is 0 Å². The van der Waals surface area contributed by atoms with E-state index in [4.69, 9.17) is 5.73 Å². The van der Waals surface area contributed by atoms with E-state index in [1.807, 2.05) is 11.9 Å². The number of carbonyl (C=O) groups is 1. The molecule has 0 aliphatic heterocycles. The van der Waals surface area contributed by atoms with Gasteiger partial charge >= 0.3 is 0 Å². The first-order valence-corrected chi connectivity index (χ1v) is 6.70. The van der Waals surface area contributed by atoms with Crippen LogP contribution in [0, 0.1) is 17.8 Å². The first-order valence-electron chi connectivity index (χ1n) is 6.70. The summed E-state index contributed by atoms with van der Waals surface area (Å²) < 4.78 is 0. The van der Waals surface area contributed by atoms with Crippen molar-refractivity contribution in [2.75, 3.05) is 7.05 Å². The van der Waals surface area contributed by atoms with E-state index in [2.05, 4.69) is 0 Å². The second-order valence-electron chi connectivity index (χ2n) is 5.97. The van der Waals surface area contributed by atoms with E-state index in [0.717, 1.165) is 0 Å². The quantitative estimate of drug-likeness (QED) is 0.767. The fourth-order valence-corrected chi connectivity index (χ4v) is 3.89. The summed E-state index contributed by atoms with van der Waals surface area (Å²) in [6.45, 7) is 0. The molecule has 3 aliphatic carbocycles. The lowest BCUT2D eigenvalue weighted by Crippen LogP contribution is -2.50. The summed E-state index contributed by atoms with van der Waals surface area (Å²) in [5.74, 6) is 1.71. The SMILES string of the molecule is CN(C(=O)C1C2CCC(C2)C1N)C1CCC1. The van der Waals surface area contributed by atoms with Gasteiger partial charge in [0.25, 0.3) is 0 Å². The van der Waals surface area contributed by atoms with Crippen molar-refractivity contribution in [1.29, 1.82) is 0 Å². The zero-order valence-corrected chi connectivity index (χ0v) is 10.1. The molecular weight excluding hydrogens is 200 g/mol. The number of nitrogens with two attached hydrogens (primary N) is 1. The van der Waals surface area contributed by atoms with Crippen LogP contribution in [-0.2, 0) is 4.79 Å². The molecule has 90 valence electrons. The van der Waals surface area contributed by atoms with Gasteiger partial charge in [0, 0.05) is 19.1 Å². The maximum atomic E-state index is 12.4. The van der Waals surface area contributed by atoms with Gasteiger partial charge in [0.1, 0.15) is 0 Å². The van der Waals surface area contributed by atoms with Crippen LogP contribution >= 0.6 is 0 Å². The minimum atomic E-state index is 0.143. The summed E-state index contributed by atoms with van der Waals surface area (Å²) in [6.07, 6.45) is 7.35. The molecule has 2 bridgehead atoms. The van der Waals surface area contributed by atoms with Gasteiger partial charge < -0.3 is 10.6 Å². The second kappa shape index (κ2) is 3.73. The summed E-state index contributed by atoms with van der Waals surface area (Å²) >= 11 is 0. The van der Waals surface area contributed by atoms with Gasteiger partial charge in [-0.3, -0.25) is 4.79 Å². The summed E-state index contributed by atoms with van der Waals surface area (Å²) in [4.78, 5) is 14.4. The van der Waals surface area contributed by atoms with Crippen LogP contribution in [0.5, 0.6) is 0 Å². The first kappa shape index (κ1) is 10.6. The lowest BCUT2D eigenvalue weighted by molar-refractivity contribution is -0.140. The molecule has 3 nitrogen and oxygen atoms in total. The maximum Gasteiger partial charge on any atom is 0.227 e. The highest BCUT2D eigenvalue weighted by Gasteiger charge is 2.50. The lowest BCUT2D eigenvalue weighted by atomic mass is 9.82. The topological polar surface area (TPSA) is 46.3 Å². The zero-order chi connectivity index (χ0) is 11.3. The third-order valence-electron chi connectivity index (χ3n) is 5.24. The van der Waals surface area contributed by atoms with Crippen molar-refractivity contribution in [1.82, 2.24) is 4.90 Å². The van der Waals surface area contributed by atoms with Gasteiger partial charge in [-0.1, -0.05) is 0 Å². The van der Waals surface area contributed by atoms with Crippen molar-refractivity contribution in [2.24, 2.45) is 23.5 Å². The Morgan fingerprint density at radius 1 is 1.19 bits per heavy atom. The Balaban J connectivity index is 1.70. The molecule has 3 heteroatoms. The molecule has 3 rings (SSSR count). The Bertz CT molecular complexity index is 298. The second-order valence-corrected chi connectivity index (χ2v) is 5.97. The molecule has 0 aromatic rings. The molecule has 2 N–H and O–H groups in total. The van der Waals surface area contributed by atoms with Gasteiger partial charge in [-0.05, 0) is 50.4 Å². The van der Waals surface area contributed by atoms with Crippen LogP contribution in [0.1, 0.15) is 38.5 Å². The number of rotatable bonds is 2. The predicted molar refractivity (Wildman–Crippen MR) is 62.7 cm³/mol. The van der Waals surface area contributed by atoms with Crippen molar-refractivity contribution < 1.29 is 4.79 Å². The average Bonchev–Trinajstić information content (AvgIpc) is 2.74. The number of amides is 1. The number of carbonyl (C=O) groups excluding carboxylic acids is 1. The molecule has 0 aromatic heterocycles. The average molecular weight is 222 g/mol. The number of fused-ring (bicyclic) bond motifs is 2. The normalized spacial score (nSPS) is 42.1. The van der Waals surface area contributed by atoms with E-state index in [9.17, 15) is 4.79 Å². The zero-order valence-electron chi connectivity index (χ0n) is 10.1. The van der Waals surface area contributed by atoms with Crippen LogP contribution in [0.2, 0.25) is 0 Å². The molecule has 0 spiro atoms. The van der Waals surface area contributed by atoms with Crippen LogP contribution in [0.4, 0.5) is 0 Å². The summed E-state index contributed by atoms with van der Waals surface area (Å²) in [5.41, 5.74) is 6.21. The van der Waals surface area contributed by atoms with Crippen LogP contribution in [0.3, 0.4) is 0 Å². The van der Waals surface area contributed by atoms with Gasteiger partial charge in [0.05, 0.1) is 5.92 Å². The third kappa shape index (κ3) is 1.41. The van der Waals surface area contributed by atoms with Crippen LogP contribution < -0.4 is 5.73 Å². The Hall–Kier alpha value is -0.570. The monoisotopic (exact) mass is 222 g/mol. The van der Waals surface area contributed by atoms with Crippen LogP contribution in [0.25, 0.3) is 0 Å². The van der Waals surface area contributed by atoms with Crippen molar-refractivity contribution in [3.05, 3.63) is 0 Å². The van der Waals surface area contributed by atoms with Crippen molar-refractivity contribution in [3.63, 3.8) is 0 Å². The molecule has 3 fully saturated rings. The largest absolute Gasteiger partial charge is 0.342 e. The molecular formula is C13H22N2O. The minimum Gasteiger partial charge on any atom is -0.342 e. The summed E-state index contributed by atoms with van der Waals surface area (Å²) in [7, 11) is 1.98. The molecule has 4 atom stereocenters. The number of nitrogens with zero attached hydrogens (tertiary/aromatic N) is 1. The smallest absolute Gasteiger partial charge is 0.227 e. The van der Waals surface area contributed by atoms with Crippen molar-refractivity contribution in [2.45, 2.75) is 50.6 Å². The first-order chi connectivity index (χ1) is 7.68. The minimum absolute atomic E-state index is 0.143. The summed E-state index contributed by atoms with van der Waals surface area (Å²) in [5, 5.41) is 0. The molecule has 0 heterocycles. The van der Waals surface area contributed by atoms with Gasteiger partial charge in [0.15, 0.2) is 0 Å². The number of hydrogen-bond acceptors (Lipinski definition) is 2. The van der Waals surface area contributed by atoms with E-state index in [-0.39, 0.29) is 12.0 Å². The Kier molecular flexibility index (Phi) is 2.46. The molecule has 1 amide bonds. The number of hydrogen-bond donors (Lipinski definition) is 1. The van der Waals surface area contributed by atoms with Gasteiger partial charge in [-0.15, -0.1) is 0 Å². The van der Waals surface area contributed by atoms with Gasteiger partial charge in [-0.25, -0.2) is 0 Å². The Morgan fingerprint density at radius 3 is 2.38 bits per heavy atom. The molecule has 3 saturated carbocycles. The highest BCUT2D eigenvalue weighted by atomic mass is 16.2. The van der Waals surface area contributed by atoms with Gasteiger partial charge in [0.2, 0.25) is 5.91 Å². The molecule has 0 radical (unpaired) electrons. The van der Waals surface area contributed by atoms with Crippen molar-refractivity contribution in [3.8, 4) is 0 Å². The highest BCUT2D eigenvalue weighted by molar-refractivity contribution is 5.80. The predicted octanol–water partition coefficient (Wildman–Crippen LogP) is 1.37. The lowest BCUT2D eigenvalue weighted by Gasteiger charge is -2.39. The van der Waals surface area contributed by atoms with E-state index in [1.165, 1.54) is 38.5 Å². The van der Waals surface area contributed by atoms with Crippen molar-refractivity contribution >= 4 is 5.91 Å². The van der Waals surface area contributed by atoms with Gasteiger partial charge in [-0.2, -0.15) is 0 Å². The molecule has 0 saturated heterocycles. The van der Waals surface area contributed by atoms with Crippen LogP contribution in [-0.4, -0.2) is 29.9 Å². The highest BCUT2D eigenvalue weighted by Crippen LogP contribution is 2.48. The fraction of sp³-hybridized carbons (Fsp3) is 0.923. The maximum absolute atomic E-state index is 12.4. The fourth-order valence-electron chi connectivity index (χ4n) is 3.89. The molecule has 0 aromatic carbocycles. The molecule has 16 heavy (non-hydrogen) atoms. The molecule has 4 unspecified atom stereocenters. The van der Waals surface area contributed by atoms with E-state index in [0.29, 0.717) is 23.8 Å². The standard InChI is InChI=1S/C13H22N2O/c1-15(10-3-2-4-10)13(16)11-8-5-6-9(7-8)12(11)14/h8-12H,2-7,14H2,1H3. The Morgan fingerprint density at radius 2 is 1.88 bits per heavy atom. The Labute approximate surface area is 97.4 Å². The van der Waals surface area contributed by atoms with E-state index >= 15 is 0 Å². The third-order valence-corrected chi connectivity index (χ3v) is 5.24. The summed E-state index contributed by atoms with van der Waals surface area (Å²) in [6, 6.07) is 0.660. The van der Waals surface area contributed by atoms with E-state index in [1.54, 1.807) is 0 Å². The molecule has 3 aliphatic rings. The van der Waals surface area contributed by atoms with E-state index < -0.39 is 0 Å².